The lowest BCUT2D eigenvalue weighted by molar-refractivity contribution is 0.478. The minimum atomic E-state index is 0.300. The molecule has 0 aliphatic carbocycles. The first kappa shape index (κ1) is 11.5. The van der Waals surface area contributed by atoms with Crippen LogP contribution >= 0.6 is 11.6 Å². The van der Waals surface area contributed by atoms with Crippen LogP contribution in [-0.2, 0) is 6.54 Å². The molecule has 0 bridgehead atoms. The number of aromatic nitrogens is 3. The van der Waals surface area contributed by atoms with Crippen molar-refractivity contribution in [3.8, 4) is 0 Å². The quantitative estimate of drug-likeness (QED) is 0.760. The maximum atomic E-state index is 5.69. The van der Waals surface area contributed by atoms with Crippen LogP contribution in [0, 0.1) is 0 Å². The number of nitrogens with zero attached hydrogens (tertiary/aromatic N) is 3. The van der Waals surface area contributed by atoms with Crippen LogP contribution in [0.15, 0.2) is 6.33 Å². The monoisotopic (exact) mass is 216 g/mol. The van der Waals surface area contributed by atoms with E-state index in [1.165, 1.54) is 0 Å². The first-order valence-electron chi connectivity index (χ1n) is 4.83. The average Bonchev–Trinajstić information content (AvgIpc) is 2.62. The molecule has 1 rings (SSSR count). The Labute approximate surface area is 89.7 Å². The number of rotatable bonds is 5. The zero-order valence-electron chi connectivity index (χ0n) is 8.87. The van der Waals surface area contributed by atoms with E-state index in [0.717, 1.165) is 5.82 Å². The molecular weight excluding hydrogens is 200 g/mol. The van der Waals surface area contributed by atoms with Crippen molar-refractivity contribution < 1.29 is 0 Å². The van der Waals surface area contributed by atoms with Gasteiger partial charge in [0.05, 0.1) is 6.54 Å². The van der Waals surface area contributed by atoms with Crippen molar-refractivity contribution in [1.29, 1.82) is 0 Å². The van der Waals surface area contributed by atoms with Gasteiger partial charge in [0.15, 0.2) is 0 Å². The second-order valence-electron chi connectivity index (χ2n) is 3.65. The molecule has 1 atom stereocenters. The molecule has 5 heteroatoms. The van der Waals surface area contributed by atoms with Gasteiger partial charge in [0.1, 0.15) is 12.2 Å². The topological polar surface area (TPSA) is 42.7 Å². The number of hydrogen-bond donors (Lipinski definition) is 1. The highest BCUT2D eigenvalue weighted by Crippen LogP contribution is 2.04. The summed E-state index contributed by atoms with van der Waals surface area (Å²) in [6, 6.07) is 0.648. The third kappa shape index (κ3) is 2.96. The fourth-order valence-corrected chi connectivity index (χ4v) is 1.26. The van der Waals surface area contributed by atoms with E-state index in [-0.39, 0.29) is 0 Å². The van der Waals surface area contributed by atoms with Gasteiger partial charge in [-0.05, 0) is 20.8 Å². The summed E-state index contributed by atoms with van der Waals surface area (Å²) in [5, 5.41) is 7.43. The Balaban J connectivity index is 2.54. The van der Waals surface area contributed by atoms with Crippen molar-refractivity contribution in [3.63, 3.8) is 0 Å². The highest BCUT2D eigenvalue weighted by atomic mass is 35.5. The number of nitrogens with one attached hydrogen (secondary N) is 1. The predicted octanol–water partition coefficient (Wildman–Crippen LogP) is 1.58. The molecule has 0 spiro atoms. The fourth-order valence-electron chi connectivity index (χ4n) is 1.15. The van der Waals surface area contributed by atoms with E-state index in [0.29, 0.717) is 24.5 Å². The molecule has 1 N–H and O–H groups in total. The normalized spacial score (nSPS) is 13.5. The highest BCUT2D eigenvalue weighted by molar-refractivity contribution is 6.18. The van der Waals surface area contributed by atoms with Crippen LogP contribution in [0.4, 0.5) is 0 Å². The molecule has 0 fully saturated rings. The second kappa shape index (κ2) is 5.32. The van der Waals surface area contributed by atoms with Gasteiger partial charge in [0, 0.05) is 18.0 Å². The zero-order valence-corrected chi connectivity index (χ0v) is 9.62. The molecule has 1 unspecified atom stereocenters. The Morgan fingerprint density at radius 3 is 2.79 bits per heavy atom. The summed E-state index contributed by atoms with van der Waals surface area (Å²) >= 11 is 5.69. The third-order valence-electron chi connectivity index (χ3n) is 1.98. The Morgan fingerprint density at radius 1 is 1.50 bits per heavy atom. The molecule has 0 aliphatic rings. The molecular formula is C9H17ClN4. The summed E-state index contributed by atoms with van der Waals surface area (Å²) in [5.74, 6) is 1.56. The molecule has 1 heterocycles. The molecule has 0 saturated carbocycles. The lowest BCUT2D eigenvalue weighted by Gasteiger charge is -2.12. The molecule has 0 amide bonds. The summed E-state index contributed by atoms with van der Waals surface area (Å²) in [7, 11) is 0. The number of halogens is 1. The van der Waals surface area contributed by atoms with E-state index in [1.807, 2.05) is 11.6 Å². The first-order chi connectivity index (χ1) is 6.65. The predicted molar refractivity (Wildman–Crippen MR) is 57.4 cm³/mol. The molecule has 80 valence electrons. The van der Waals surface area contributed by atoms with E-state index < -0.39 is 0 Å². The van der Waals surface area contributed by atoms with Crippen molar-refractivity contribution in [2.45, 2.75) is 39.4 Å². The number of hydrogen-bond acceptors (Lipinski definition) is 3. The van der Waals surface area contributed by atoms with Crippen LogP contribution in [0.5, 0.6) is 0 Å². The molecule has 0 saturated heterocycles. The van der Waals surface area contributed by atoms with Crippen LogP contribution in [0.25, 0.3) is 0 Å². The molecule has 4 nitrogen and oxygen atoms in total. The molecule has 14 heavy (non-hydrogen) atoms. The summed E-state index contributed by atoms with van der Waals surface area (Å²) in [5.41, 5.74) is 0. The van der Waals surface area contributed by atoms with Crippen molar-refractivity contribution in [2.75, 3.05) is 5.88 Å². The minimum absolute atomic E-state index is 0.300. The molecule has 0 radical (unpaired) electrons. The fraction of sp³-hybridized carbons (Fsp3) is 0.778. The van der Waals surface area contributed by atoms with Gasteiger partial charge in [-0.2, -0.15) is 5.10 Å². The Morgan fingerprint density at radius 2 is 2.21 bits per heavy atom. The standard InChI is InChI=1S/C9H17ClN4/c1-7(2)14-9(12-6-13-14)5-11-8(3)4-10/h6-8,11H,4-5H2,1-3H3. The molecule has 1 aromatic rings. The maximum absolute atomic E-state index is 5.69. The van der Waals surface area contributed by atoms with E-state index in [2.05, 4.69) is 29.2 Å². The van der Waals surface area contributed by atoms with Crippen molar-refractivity contribution >= 4 is 11.6 Å². The van der Waals surface area contributed by atoms with Crippen molar-refractivity contribution in [1.82, 2.24) is 20.1 Å². The summed E-state index contributed by atoms with van der Waals surface area (Å²) in [6.45, 7) is 6.93. The highest BCUT2D eigenvalue weighted by Gasteiger charge is 2.08. The van der Waals surface area contributed by atoms with Gasteiger partial charge in [-0.3, -0.25) is 0 Å². The average molecular weight is 217 g/mol. The van der Waals surface area contributed by atoms with Gasteiger partial charge in [-0.15, -0.1) is 11.6 Å². The molecule has 0 aromatic carbocycles. The minimum Gasteiger partial charge on any atom is -0.306 e. The van der Waals surface area contributed by atoms with E-state index in [4.69, 9.17) is 11.6 Å². The Hall–Kier alpha value is -0.610. The molecule has 1 aromatic heterocycles. The van der Waals surface area contributed by atoms with Crippen molar-refractivity contribution in [3.05, 3.63) is 12.2 Å². The largest absolute Gasteiger partial charge is 0.306 e. The molecule has 0 aliphatic heterocycles. The van der Waals surface area contributed by atoms with Gasteiger partial charge in [-0.1, -0.05) is 0 Å². The summed E-state index contributed by atoms with van der Waals surface area (Å²) < 4.78 is 1.91. The van der Waals surface area contributed by atoms with Gasteiger partial charge in [0.25, 0.3) is 0 Å². The summed E-state index contributed by atoms with van der Waals surface area (Å²) in [4.78, 5) is 4.19. The van der Waals surface area contributed by atoms with Crippen LogP contribution < -0.4 is 5.32 Å². The van der Waals surface area contributed by atoms with Gasteiger partial charge in [0.2, 0.25) is 0 Å². The summed E-state index contributed by atoms with van der Waals surface area (Å²) in [6.07, 6.45) is 1.59. The van der Waals surface area contributed by atoms with Gasteiger partial charge >= 0.3 is 0 Å². The van der Waals surface area contributed by atoms with Gasteiger partial charge in [-0.25, -0.2) is 9.67 Å². The second-order valence-corrected chi connectivity index (χ2v) is 3.96. The maximum Gasteiger partial charge on any atom is 0.141 e. The SMILES string of the molecule is CC(CCl)NCc1ncnn1C(C)C. The Bertz CT molecular complexity index is 272. The lowest BCUT2D eigenvalue weighted by atomic mass is 10.3. The zero-order chi connectivity index (χ0) is 10.6. The van der Waals surface area contributed by atoms with Crippen LogP contribution in [0.3, 0.4) is 0 Å². The van der Waals surface area contributed by atoms with Gasteiger partial charge < -0.3 is 5.32 Å². The lowest BCUT2D eigenvalue weighted by Crippen LogP contribution is -2.28. The van der Waals surface area contributed by atoms with E-state index >= 15 is 0 Å². The smallest absolute Gasteiger partial charge is 0.141 e. The Kier molecular flexibility index (Phi) is 4.35. The van der Waals surface area contributed by atoms with Crippen LogP contribution in [-0.4, -0.2) is 26.7 Å². The van der Waals surface area contributed by atoms with Crippen LogP contribution in [0.2, 0.25) is 0 Å². The van der Waals surface area contributed by atoms with E-state index in [9.17, 15) is 0 Å². The van der Waals surface area contributed by atoms with Crippen molar-refractivity contribution in [2.24, 2.45) is 0 Å². The van der Waals surface area contributed by atoms with Crippen LogP contribution in [0.1, 0.15) is 32.6 Å². The third-order valence-corrected chi connectivity index (χ3v) is 2.44. The number of alkyl halides is 1. The first-order valence-corrected chi connectivity index (χ1v) is 5.36. The van der Waals surface area contributed by atoms with E-state index in [1.54, 1.807) is 6.33 Å².